The lowest BCUT2D eigenvalue weighted by Crippen LogP contribution is -2.33. The van der Waals surface area contributed by atoms with E-state index >= 15 is 0 Å². The van der Waals surface area contributed by atoms with Gasteiger partial charge < -0.3 is 20.2 Å². The van der Waals surface area contributed by atoms with Crippen molar-refractivity contribution in [1.29, 1.82) is 0 Å². The van der Waals surface area contributed by atoms with Gasteiger partial charge in [-0.15, -0.1) is 8.78 Å². The number of nitrogens with zero attached hydrogens (tertiary/aromatic N) is 2. The first-order chi connectivity index (χ1) is 11.6. The van der Waals surface area contributed by atoms with Gasteiger partial charge in [-0.25, -0.2) is 0 Å². The molecule has 2 heterocycles. The maximum Gasteiger partial charge on any atom is 0.586 e. The van der Waals surface area contributed by atoms with E-state index in [1.54, 1.807) is 0 Å². The smallest absolute Gasteiger partial charge is 0.395 e. The number of hydrogen-bond donors (Lipinski definition) is 1. The van der Waals surface area contributed by atoms with Crippen molar-refractivity contribution in [2.24, 2.45) is 10.9 Å². The van der Waals surface area contributed by atoms with Gasteiger partial charge in [-0.3, -0.25) is 0 Å². The molecular formula is C14H9ClF5N3O2. The lowest BCUT2D eigenvalue weighted by atomic mass is 10.1. The molecule has 5 nitrogen and oxygen atoms in total. The highest BCUT2D eigenvalue weighted by Gasteiger charge is 2.43. The number of hydrogen-bond acceptors (Lipinski definition) is 4. The molecule has 0 atom stereocenters. The lowest BCUT2D eigenvalue weighted by molar-refractivity contribution is -0.286. The van der Waals surface area contributed by atoms with Crippen LogP contribution in [0.2, 0.25) is 0 Å². The van der Waals surface area contributed by atoms with E-state index in [1.807, 2.05) is 0 Å². The van der Waals surface area contributed by atoms with Crippen LogP contribution in [0.5, 0.6) is 11.5 Å². The third-order valence-corrected chi connectivity index (χ3v) is 3.54. The Bertz CT molecular complexity index is 804. The van der Waals surface area contributed by atoms with Crippen molar-refractivity contribution in [2.45, 2.75) is 12.5 Å². The Morgan fingerprint density at radius 1 is 1.24 bits per heavy atom. The fourth-order valence-corrected chi connectivity index (χ4v) is 2.57. The highest BCUT2D eigenvalue weighted by molar-refractivity contribution is 6.30. The number of rotatable bonds is 1. The number of amidine groups is 1. The third kappa shape index (κ3) is 3.48. The second kappa shape index (κ2) is 5.80. The van der Waals surface area contributed by atoms with Gasteiger partial charge in [0.15, 0.2) is 17.3 Å². The number of halogens is 6. The molecule has 134 valence electrons. The first kappa shape index (κ1) is 17.3. The number of benzene rings is 1. The molecule has 3 rings (SSSR count). The SMILES string of the molecule is N/N=C(/c1ccc2c(c1)OC(F)(F)O2)N1C=C(C(F)(F)F)C=C(Cl)C1. The number of fused-ring (bicyclic) bond motifs is 1. The minimum atomic E-state index is -4.63. The number of allylic oxidation sites excluding steroid dienone is 2. The molecule has 0 amide bonds. The van der Waals surface area contributed by atoms with E-state index in [1.165, 1.54) is 12.1 Å². The number of ether oxygens (including phenoxy) is 2. The van der Waals surface area contributed by atoms with Crippen LogP contribution in [0.1, 0.15) is 5.56 Å². The van der Waals surface area contributed by atoms with Crippen molar-refractivity contribution in [3.8, 4) is 11.5 Å². The predicted molar refractivity (Wildman–Crippen MR) is 78.1 cm³/mol. The Balaban J connectivity index is 1.95. The summed E-state index contributed by atoms with van der Waals surface area (Å²) in [5.74, 6) is 4.67. The van der Waals surface area contributed by atoms with Gasteiger partial charge in [0.05, 0.1) is 12.1 Å². The monoisotopic (exact) mass is 381 g/mol. The first-order valence-electron chi connectivity index (χ1n) is 6.69. The Kier molecular flexibility index (Phi) is 4.02. The molecule has 0 fully saturated rings. The fourth-order valence-electron chi connectivity index (χ4n) is 2.32. The molecule has 0 saturated carbocycles. The molecule has 1 aromatic carbocycles. The molecule has 0 aliphatic carbocycles. The number of alkyl halides is 5. The zero-order valence-corrected chi connectivity index (χ0v) is 12.9. The molecule has 11 heteroatoms. The van der Waals surface area contributed by atoms with Gasteiger partial charge in [0.1, 0.15) is 0 Å². The zero-order valence-electron chi connectivity index (χ0n) is 12.1. The van der Waals surface area contributed by atoms with Gasteiger partial charge in [0, 0.05) is 16.8 Å². The van der Waals surface area contributed by atoms with Crippen molar-refractivity contribution in [3.63, 3.8) is 0 Å². The Hall–Kier alpha value is -2.49. The Morgan fingerprint density at radius 2 is 1.92 bits per heavy atom. The molecule has 0 saturated heterocycles. The van der Waals surface area contributed by atoms with Crippen LogP contribution in [0.3, 0.4) is 0 Å². The molecule has 25 heavy (non-hydrogen) atoms. The maximum atomic E-state index is 13.1. The molecule has 2 aliphatic heterocycles. The highest BCUT2D eigenvalue weighted by atomic mass is 35.5. The summed E-state index contributed by atoms with van der Waals surface area (Å²) in [5, 5.41) is 3.36. The van der Waals surface area contributed by atoms with Gasteiger partial charge in [-0.2, -0.15) is 18.3 Å². The molecular weight excluding hydrogens is 373 g/mol. The van der Waals surface area contributed by atoms with Gasteiger partial charge >= 0.3 is 12.5 Å². The van der Waals surface area contributed by atoms with E-state index in [-0.39, 0.29) is 34.5 Å². The zero-order chi connectivity index (χ0) is 18.4. The minimum absolute atomic E-state index is 0.0942. The fraction of sp³-hybridized carbons (Fsp3) is 0.214. The van der Waals surface area contributed by atoms with Crippen molar-refractivity contribution in [1.82, 2.24) is 4.90 Å². The third-order valence-electron chi connectivity index (χ3n) is 3.31. The largest absolute Gasteiger partial charge is 0.586 e. The lowest BCUT2D eigenvalue weighted by Gasteiger charge is -2.26. The average molecular weight is 382 g/mol. The maximum absolute atomic E-state index is 13.1. The second-order valence-corrected chi connectivity index (χ2v) is 5.57. The van der Waals surface area contributed by atoms with E-state index in [9.17, 15) is 22.0 Å². The van der Waals surface area contributed by atoms with Crippen LogP contribution in [0, 0.1) is 0 Å². The molecule has 0 unspecified atom stereocenters. The van der Waals surface area contributed by atoms with E-state index in [4.69, 9.17) is 17.4 Å². The van der Waals surface area contributed by atoms with Crippen LogP contribution in [-0.2, 0) is 0 Å². The van der Waals surface area contributed by atoms with Crippen molar-refractivity contribution in [2.75, 3.05) is 6.54 Å². The van der Waals surface area contributed by atoms with E-state index in [0.717, 1.165) is 23.2 Å². The summed E-state index contributed by atoms with van der Waals surface area (Å²) in [6.45, 7) is -0.123. The predicted octanol–water partition coefficient (Wildman–Crippen LogP) is 3.51. The summed E-state index contributed by atoms with van der Waals surface area (Å²) in [5.41, 5.74) is -0.858. The molecule has 0 radical (unpaired) electrons. The second-order valence-electron chi connectivity index (χ2n) is 5.08. The topological polar surface area (TPSA) is 60.1 Å². The number of hydrazone groups is 1. The van der Waals surface area contributed by atoms with Crippen molar-refractivity contribution < 1.29 is 31.4 Å². The normalized spacial score (nSPS) is 19.6. The molecule has 0 bridgehead atoms. The van der Waals surface area contributed by atoms with Gasteiger partial charge in [-0.1, -0.05) is 11.6 Å². The molecule has 1 aromatic rings. The van der Waals surface area contributed by atoms with Crippen LogP contribution < -0.4 is 15.3 Å². The van der Waals surface area contributed by atoms with Crippen LogP contribution in [0.25, 0.3) is 0 Å². The van der Waals surface area contributed by atoms with Crippen LogP contribution in [-0.4, -0.2) is 29.8 Å². The van der Waals surface area contributed by atoms with Crippen molar-refractivity contribution >= 4 is 17.4 Å². The molecule has 0 aromatic heterocycles. The van der Waals surface area contributed by atoms with Crippen LogP contribution in [0.15, 0.2) is 46.2 Å². The van der Waals surface area contributed by atoms with Gasteiger partial charge in [-0.05, 0) is 24.3 Å². The van der Waals surface area contributed by atoms with E-state index in [0.29, 0.717) is 0 Å². The van der Waals surface area contributed by atoms with E-state index in [2.05, 4.69) is 14.6 Å². The van der Waals surface area contributed by atoms with E-state index < -0.39 is 18.0 Å². The Morgan fingerprint density at radius 3 is 2.56 bits per heavy atom. The first-order valence-corrected chi connectivity index (χ1v) is 7.07. The van der Waals surface area contributed by atoms with Crippen LogP contribution >= 0.6 is 11.6 Å². The molecule has 0 spiro atoms. The molecule has 2 aliphatic rings. The molecule has 2 N–H and O–H groups in total. The van der Waals surface area contributed by atoms with Crippen molar-refractivity contribution in [3.05, 3.63) is 46.6 Å². The quantitative estimate of drug-likeness (QED) is 0.266. The summed E-state index contributed by atoms with van der Waals surface area (Å²) in [4.78, 5) is 1.06. The summed E-state index contributed by atoms with van der Waals surface area (Å²) in [6.07, 6.45) is -6.89. The summed E-state index contributed by atoms with van der Waals surface area (Å²) < 4.78 is 73.5. The standard InChI is InChI=1S/C14H9ClF5N3O2/c15-9-4-8(13(16,17)18)5-23(6-9)12(22-21)7-1-2-10-11(3-7)25-14(19,20)24-10/h1-5H,6,21H2/b22-12-. The number of nitrogens with two attached hydrogens (primary N) is 1. The Labute approximate surface area is 142 Å². The van der Waals surface area contributed by atoms with Gasteiger partial charge in [0.25, 0.3) is 0 Å². The summed E-state index contributed by atoms with van der Waals surface area (Å²) in [7, 11) is 0. The summed E-state index contributed by atoms with van der Waals surface area (Å²) in [6, 6.07) is 3.62. The average Bonchev–Trinajstić information content (AvgIpc) is 2.79. The van der Waals surface area contributed by atoms with Gasteiger partial charge in [0.2, 0.25) is 0 Å². The highest BCUT2D eigenvalue weighted by Crippen LogP contribution is 2.41. The summed E-state index contributed by atoms with van der Waals surface area (Å²) >= 11 is 5.77. The minimum Gasteiger partial charge on any atom is -0.395 e. The van der Waals surface area contributed by atoms with Crippen LogP contribution in [0.4, 0.5) is 22.0 Å².